The van der Waals surface area contributed by atoms with Gasteiger partial charge in [0.25, 0.3) is 0 Å². The summed E-state index contributed by atoms with van der Waals surface area (Å²) in [7, 11) is 0. The molecule has 0 aromatic heterocycles. The Bertz CT molecular complexity index is 612. The van der Waals surface area contributed by atoms with Gasteiger partial charge in [-0.25, -0.2) is 0 Å². The first-order valence-electron chi connectivity index (χ1n) is 7.26. The molecule has 0 amide bonds. The molecule has 2 rings (SSSR count). The van der Waals surface area contributed by atoms with Crippen LogP contribution >= 0.6 is 11.6 Å². The third-order valence-electron chi connectivity index (χ3n) is 3.81. The van der Waals surface area contributed by atoms with E-state index >= 15 is 0 Å². The summed E-state index contributed by atoms with van der Waals surface area (Å²) in [5.41, 5.74) is 9.64. The lowest BCUT2D eigenvalue weighted by Gasteiger charge is -2.26. The largest absolute Gasteiger partial charge is 0.484 e. The number of benzene rings is 2. The van der Waals surface area contributed by atoms with Crippen LogP contribution in [0.1, 0.15) is 36.1 Å². The molecule has 2 unspecified atom stereocenters. The van der Waals surface area contributed by atoms with Crippen molar-refractivity contribution in [1.82, 2.24) is 0 Å². The molecule has 2 aromatic rings. The zero-order valence-corrected chi connectivity index (χ0v) is 13.5. The number of ether oxygens (including phenoxy) is 1. The van der Waals surface area contributed by atoms with Crippen LogP contribution in [0, 0.1) is 13.8 Å². The molecule has 0 aliphatic rings. The number of rotatable bonds is 5. The molecule has 2 atom stereocenters. The zero-order chi connectivity index (χ0) is 15.4. The molecule has 21 heavy (non-hydrogen) atoms. The van der Waals surface area contributed by atoms with E-state index in [1.54, 1.807) is 0 Å². The Labute approximate surface area is 131 Å². The second-order valence-corrected chi connectivity index (χ2v) is 5.79. The summed E-state index contributed by atoms with van der Waals surface area (Å²) in [5, 5.41) is 0.690. The standard InChI is InChI=1S/C18H22ClNO/c1-4-17(20)18(15-7-5-6-8-16(15)19)21-14-10-9-12(2)13(3)11-14/h5-11,17-18H,4,20H2,1-3H3. The Morgan fingerprint density at radius 3 is 2.43 bits per heavy atom. The van der Waals surface area contributed by atoms with Crippen LogP contribution in [0.2, 0.25) is 5.02 Å². The van der Waals surface area contributed by atoms with Crippen molar-refractivity contribution >= 4 is 11.6 Å². The summed E-state index contributed by atoms with van der Waals surface area (Å²) in [5.74, 6) is 0.826. The molecule has 0 aliphatic heterocycles. The van der Waals surface area contributed by atoms with E-state index in [1.165, 1.54) is 11.1 Å². The lowest BCUT2D eigenvalue weighted by molar-refractivity contribution is 0.171. The van der Waals surface area contributed by atoms with E-state index in [0.717, 1.165) is 17.7 Å². The normalized spacial score (nSPS) is 13.8. The monoisotopic (exact) mass is 303 g/mol. The molecule has 0 radical (unpaired) electrons. The second-order valence-electron chi connectivity index (χ2n) is 5.38. The number of aryl methyl sites for hydroxylation is 2. The van der Waals surface area contributed by atoms with E-state index in [-0.39, 0.29) is 12.1 Å². The molecule has 3 heteroatoms. The average Bonchev–Trinajstić information content (AvgIpc) is 2.48. The molecule has 2 aromatic carbocycles. The van der Waals surface area contributed by atoms with Gasteiger partial charge in [-0.05, 0) is 49.6 Å². The number of hydrogen-bond acceptors (Lipinski definition) is 2. The van der Waals surface area contributed by atoms with Gasteiger partial charge in [-0.1, -0.05) is 42.8 Å². The first kappa shape index (κ1) is 15.9. The Kier molecular flexibility index (Phi) is 5.27. The Balaban J connectivity index is 2.33. The molecular weight excluding hydrogens is 282 g/mol. The molecule has 0 bridgehead atoms. The summed E-state index contributed by atoms with van der Waals surface area (Å²) in [6.45, 7) is 6.22. The minimum absolute atomic E-state index is 0.105. The molecule has 0 spiro atoms. The number of hydrogen-bond donors (Lipinski definition) is 1. The maximum Gasteiger partial charge on any atom is 0.140 e. The smallest absolute Gasteiger partial charge is 0.140 e. The van der Waals surface area contributed by atoms with Gasteiger partial charge in [0.1, 0.15) is 11.9 Å². The van der Waals surface area contributed by atoms with E-state index in [2.05, 4.69) is 26.8 Å². The summed E-state index contributed by atoms with van der Waals surface area (Å²) in [6.07, 6.45) is 0.576. The lowest BCUT2D eigenvalue weighted by atomic mass is 10.0. The molecule has 0 fully saturated rings. The fourth-order valence-corrected chi connectivity index (χ4v) is 2.48. The van der Waals surface area contributed by atoms with E-state index in [0.29, 0.717) is 5.02 Å². The Hall–Kier alpha value is -1.51. The lowest BCUT2D eigenvalue weighted by Crippen LogP contribution is -2.31. The molecule has 2 N–H and O–H groups in total. The van der Waals surface area contributed by atoms with Crippen molar-refractivity contribution in [2.45, 2.75) is 39.3 Å². The minimum atomic E-state index is -0.245. The van der Waals surface area contributed by atoms with Gasteiger partial charge in [0.2, 0.25) is 0 Å². The van der Waals surface area contributed by atoms with Crippen molar-refractivity contribution in [3.63, 3.8) is 0 Å². The van der Waals surface area contributed by atoms with Gasteiger partial charge < -0.3 is 10.5 Å². The maximum absolute atomic E-state index is 6.31. The third kappa shape index (κ3) is 3.78. The van der Waals surface area contributed by atoms with E-state index in [9.17, 15) is 0 Å². The van der Waals surface area contributed by atoms with Crippen LogP contribution in [-0.2, 0) is 0 Å². The van der Waals surface area contributed by atoms with Gasteiger partial charge in [0.15, 0.2) is 0 Å². The number of nitrogens with two attached hydrogens (primary N) is 1. The van der Waals surface area contributed by atoms with Gasteiger partial charge in [0.05, 0.1) is 0 Å². The Morgan fingerprint density at radius 1 is 1.10 bits per heavy atom. The summed E-state index contributed by atoms with van der Waals surface area (Å²) >= 11 is 6.31. The highest BCUT2D eigenvalue weighted by Crippen LogP contribution is 2.31. The molecule has 0 saturated carbocycles. The highest BCUT2D eigenvalue weighted by molar-refractivity contribution is 6.31. The fourth-order valence-electron chi connectivity index (χ4n) is 2.24. The SMILES string of the molecule is CCC(N)C(Oc1ccc(C)c(C)c1)c1ccccc1Cl. The molecule has 0 heterocycles. The van der Waals surface area contributed by atoms with Gasteiger partial charge in [-0.15, -0.1) is 0 Å². The molecule has 2 nitrogen and oxygen atoms in total. The molecule has 112 valence electrons. The predicted octanol–water partition coefficient (Wildman–Crippen LogP) is 4.81. The fraction of sp³-hybridized carbons (Fsp3) is 0.333. The zero-order valence-electron chi connectivity index (χ0n) is 12.8. The number of halogens is 1. The molecular formula is C18H22ClNO. The van der Waals surface area contributed by atoms with Gasteiger partial charge in [0, 0.05) is 16.6 Å². The van der Waals surface area contributed by atoms with E-state index in [1.807, 2.05) is 36.4 Å². The summed E-state index contributed by atoms with van der Waals surface area (Å²) < 4.78 is 6.16. The van der Waals surface area contributed by atoms with Gasteiger partial charge in [-0.2, -0.15) is 0 Å². The topological polar surface area (TPSA) is 35.2 Å². The van der Waals surface area contributed by atoms with Gasteiger partial charge >= 0.3 is 0 Å². The van der Waals surface area contributed by atoms with Crippen LogP contribution in [0.4, 0.5) is 0 Å². The van der Waals surface area contributed by atoms with Crippen molar-refractivity contribution in [2.75, 3.05) is 0 Å². The van der Waals surface area contributed by atoms with Crippen LogP contribution < -0.4 is 10.5 Å². The van der Waals surface area contributed by atoms with Crippen molar-refractivity contribution in [2.24, 2.45) is 5.73 Å². The first-order chi connectivity index (χ1) is 10.0. The van der Waals surface area contributed by atoms with Crippen molar-refractivity contribution < 1.29 is 4.74 Å². The minimum Gasteiger partial charge on any atom is -0.484 e. The first-order valence-corrected chi connectivity index (χ1v) is 7.64. The van der Waals surface area contributed by atoms with Crippen LogP contribution in [0.5, 0.6) is 5.75 Å². The van der Waals surface area contributed by atoms with Crippen molar-refractivity contribution in [3.05, 3.63) is 64.2 Å². The predicted molar refractivity (Wildman–Crippen MR) is 89.0 cm³/mol. The van der Waals surface area contributed by atoms with Crippen LogP contribution in [0.15, 0.2) is 42.5 Å². The second kappa shape index (κ2) is 6.97. The van der Waals surface area contributed by atoms with Crippen LogP contribution in [0.3, 0.4) is 0 Å². The van der Waals surface area contributed by atoms with E-state index in [4.69, 9.17) is 22.1 Å². The summed E-state index contributed by atoms with van der Waals surface area (Å²) in [4.78, 5) is 0. The third-order valence-corrected chi connectivity index (χ3v) is 4.16. The molecule has 0 saturated heterocycles. The highest BCUT2D eigenvalue weighted by atomic mass is 35.5. The van der Waals surface area contributed by atoms with Gasteiger partial charge in [-0.3, -0.25) is 0 Å². The van der Waals surface area contributed by atoms with E-state index < -0.39 is 0 Å². The Morgan fingerprint density at radius 2 is 1.81 bits per heavy atom. The average molecular weight is 304 g/mol. The van der Waals surface area contributed by atoms with Crippen molar-refractivity contribution in [3.8, 4) is 5.75 Å². The highest BCUT2D eigenvalue weighted by Gasteiger charge is 2.22. The maximum atomic E-state index is 6.31. The van der Waals surface area contributed by atoms with Crippen LogP contribution in [0.25, 0.3) is 0 Å². The van der Waals surface area contributed by atoms with Crippen LogP contribution in [-0.4, -0.2) is 6.04 Å². The quantitative estimate of drug-likeness (QED) is 0.860. The summed E-state index contributed by atoms with van der Waals surface area (Å²) in [6, 6.07) is 13.7. The van der Waals surface area contributed by atoms with Crippen molar-refractivity contribution in [1.29, 1.82) is 0 Å². The molecule has 0 aliphatic carbocycles.